The summed E-state index contributed by atoms with van der Waals surface area (Å²) >= 11 is 0. The van der Waals surface area contributed by atoms with Crippen molar-refractivity contribution in [2.45, 2.75) is 40.0 Å². The number of hydrogen-bond acceptors (Lipinski definition) is 3. The lowest BCUT2D eigenvalue weighted by atomic mass is 9.93. The molecule has 0 spiro atoms. The van der Waals surface area contributed by atoms with Crippen LogP contribution in [0.3, 0.4) is 0 Å². The maximum Gasteiger partial charge on any atom is 0.176 e. The zero-order chi connectivity index (χ0) is 11.2. The second-order valence-electron chi connectivity index (χ2n) is 4.91. The van der Waals surface area contributed by atoms with Gasteiger partial charge in [-0.3, -0.25) is 0 Å². The third-order valence-corrected chi connectivity index (χ3v) is 2.49. The molecule has 0 saturated heterocycles. The molecule has 0 aliphatic rings. The van der Waals surface area contributed by atoms with E-state index in [4.69, 9.17) is 0 Å². The Bertz CT molecular complexity index is 466. The molecule has 0 radical (unpaired) electrons. The second kappa shape index (κ2) is 3.02. The van der Waals surface area contributed by atoms with Gasteiger partial charge in [0.1, 0.15) is 0 Å². The first-order chi connectivity index (χ1) is 6.88. The van der Waals surface area contributed by atoms with Crippen molar-refractivity contribution < 1.29 is 0 Å². The zero-order valence-corrected chi connectivity index (χ0v) is 9.87. The van der Waals surface area contributed by atoms with Crippen LogP contribution in [0.5, 0.6) is 0 Å². The maximum atomic E-state index is 4.45. The van der Waals surface area contributed by atoms with Crippen molar-refractivity contribution in [2.24, 2.45) is 0 Å². The average molecular weight is 204 g/mol. The molecule has 0 amide bonds. The van der Waals surface area contributed by atoms with Crippen LogP contribution in [-0.2, 0) is 5.41 Å². The van der Waals surface area contributed by atoms with Crippen LogP contribution < -0.4 is 0 Å². The first-order valence-electron chi connectivity index (χ1n) is 5.10. The fourth-order valence-electron chi connectivity index (χ4n) is 1.35. The monoisotopic (exact) mass is 204 g/mol. The van der Waals surface area contributed by atoms with Crippen LogP contribution in [-0.4, -0.2) is 19.8 Å². The van der Waals surface area contributed by atoms with Crippen LogP contribution in [0, 0.1) is 13.8 Å². The Labute approximate surface area is 89.3 Å². The minimum absolute atomic E-state index is 0.0389. The number of aryl methyl sites for hydroxylation is 2. The standard InChI is InChI=1S/C11H16N4/c1-7-8(2)13-15-10(12-7)6-9(14-15)11(3,4)5/h6H,1-5H3. The molecule has 15 heavy (non-hydrogen) atoms. The number of hydrogen-bond donors (Lipinski definition) is 0. The maximum absolute atomic E-state index is 4.45. The van der Waals surface area contributed by atoms with Crippen molar-refractivity contribution in [1.29, 1.82) is 0 Å². The van der Waals surface area contributed by atoms with E-state index in [1.54, 1.807) is 4.63 Å². The summed E-state index contributed by atoms with van der Waals surface area (Å²) in [5.41, 5.74) is 3.77. The van der Waals surface area contributed by atoms with E-state index in [1.807, 2.05) is 19.9 Å². The Morgan fingerprint density at radius 3 is 2.33 bits per heavy atom. The van der Waals surface area contributed by atoms with Gasteiger partial charge >= 0.3 is 0 Å². The summed E-state index contributed by atoms with van der Waals surface area (Å²) in [5, 5.41) is 8.78. The molecule has 0 atom stereocenters. The predicted octanol–water partition coefficient (Wildman–Crippen LogP) is 2.04. The lowest BCUT2D eigenvalue weighted by Gasteiger charge is -2.13. The van der Waals surface area contributed by atoms with Gasteiger partial charge in [-0.05, 0) is 13.8 Å². The molecule has 0 bridgehead atoms. The van der Waals surface area contributed by atoms with Crippen LogP contribution in [0.4, 0.5) is 0 Å². The first kappa shape index (κ1) is 10.1. The highest BCUT2D eigenvalue weighted by atomic mass is 15.4. The molecular weight excluding hydrogens is 188 g/mol. The molecule has 0 fully saturated rings. The van der Waals surface area contributed by atoms with Gasteiger partial charge in [0.2, 0.25) is 0 Å². The Kier molecular flexibility index (Phi) is 2.03. The Balaban J connectivity index is 2.66. The summed E-state index contributed by atoms with van der Waals surface area (Å²) in [6, 6.07) is 2.00. The minimum atomic E-state index is 0.0389. The third kappa shape index (κ3) is 1.71. The second-order valence-corrected chi connectivity index (χ2v) is 4.91. The Morgan fingerprint density at radius 1 is 1.07 bits per heavy atom. The van der Waals surface area contributed by atoms with Crippen molar-refractivity contribution >= 4 is 5.65 Å². The van der Waals surface area contributed by atoms with Crippen LogP contribution in [0.25, 0.3) is 5.65 Å². The molecule has 2 heterocycles. The molecule has 2 aromatic heterocycles. The van der Waals surface area contributed by atoms with Crippen molar-refractivity contribution in [3.05, 3.63) is 23.1 Å². The van der Waals surface area contributed by atoms with Gasteiger partial charge in [0.15, 0.2) is 5.65 Å². The van der Waals surface area contributed by atoms with Gasteiger partial charge in [-0.2, -0.15) is 10.2 Å². The summed E-state index contributed by atoms with van der Waals surface area (Å²) in [7, 11) is 0. The molecule has 80 valence electrons. The van der Waals surface area contributed by atoms with E-state index in [1.165, 1.54) is 0 Å². The zero-order valence-electron chi connectivity index (χ0n) is 9.87. The predicted molar refractivity (Wildman–Crippen MR) is 59.0 cm³/mol. The molecule has 0 unspecified atom stereocenters. The van der Waals surface area contributed by atoms with E-state index >= 15 is 0 Å². The van der Waals surface area contributed by atoms with Crippen LogP contribution >= 0.6 is 0 Å². The minimum Gasteiger partial charge on any atom is -0.230 e. The molecule has 0 saturated carbocycles. The quantitative estimate of drug-likeness (QED) is 0.659. The fourth-order valence-corrected chi connectivity index (χ4v) is 1.35. The molecule has 0 aromatic carbocycles. The Morgan fingerprint density at radius 2 is 1.73 bits per heavy atom. The van der Waals surface area contributed by atoms with Crippen molar-refractivity contribution in [3.63, 3.8) is 0 Å². The molecule has 2 aromatic rings. The molecule has 0 aliphatic carbocycles. The van der Waals surface area contributed by atoms with Crippen LogP contribution in [0.2, 0.25) is 0 Å². The number of nitrogens with zero attached hydrogens (tertiary/aromatic N) is 4. The lowest BCUT2D eigenvalue weighted by molar-refractivity contribution is 0.555. The van der Waals surface area contributed by atoms with Crippen LogP contribution in [0.15, 0.2) is 6.07 Å². The number of aromatic nitrogens is 4. The molecular formula is C11H16N4. The fraction of sp³-hybridized carbons (Fsp3) is 0.545. The molecule has 4 nitrogen and oxygen atoms in total. The highest BCUT2D eigenvalue weighted by Gasteiger charge is 2.18. The van der Waals surface area contributed by atoms with E-state index in [0.29, 0.717) is 0 Å². The largest absolute Gasteiger partial charge is 0.230 e. The smallest absolute Gasteiger partial charge is 0.176 e. The topological polar surface area (TPSA) is 43.1 Å². The number of fused-ring (bicyclic) bond motifs is 1. The van der Waals surface area contributed by atoms with Gasteiger partial charge in [-0.15, -0.1) is 4.63 Å². The van der Waals surface area contributed by atoms with E-state index in [0.717, 1.165) is 22.7 Å². The van der Waals surface area contributed by atoms with Crippen molar-refractivity contribution in [3.8, 4) is 0 Å². The van der Waals surface area contributed by atoms with E-state index < -0.39 is 0 Å². The van der Waals surface area contributed by atoms with Gasteiger partial charge < -0.3 is 0 Å². The van der Waals surface area contributed by atoms with E-state index in [-0.39, 0.29) is 5.41 Å². The van der Waals surface area contributed by atoms with Gasteiger partial charge in [-0.25, -0.2) is 4.98 Å². The van der Waals surface area contributed by atoms with Gasteiger partial charge in [0.05, 0.1) is 17.1 Å². The lowest BCUT2D eigenvalue weighted by Crippen LogP contribution is -2.12. The average Bonchev–Trinajstić information content (AvgIpc) is 2.47. The normalized spacial score (nSPS) is 12.3. The summed E-state index contributed by atoms with van der Waals surface area (Å²) in [4.78, 5) is 4.45. The SMILES string of the molecule is Cc1nc2cc(C(C)(C)C)nn2nc1C. The van der Waals surface area contributed by atoms with Gasteiger partial charge in [-0.1, -0.05) is 20.8 Å². The summed E-state index contributed by atoms with van der Waals surface area (Å²) < 4.78 is 1.61. The molecule has 4 heteroatoms. The summed E-state index contributed by atoms with van der Waals surface area (Å²) in [6.07, 6.45) is 0. The molecule has 0 N–H and O–H groups in total. The molecule has 2 rings (SSSR count). The van der Waals surface area contributed by atoms with E-state index in [9.17, 15) is 0 Å². The van der Waals surface area contributed by atoms with E-state index in [2.05, 4.69) is 36.0 Å². The molecule has 0 aliphatic heterocycles. The summed E-state index contributed by atoms with van der Waals surface area (Å²) in [5.74, 6) is 0. The van der Waals surface area contributed by atoms with Crippen molar-refractivity contribution in [1.82, 2.24) is 19.8 Å². The highest BCUT2D eigenvalue weighted by Crippen LogP contribution is 2.21. The Hall–Kier alpha value is -1.45. The third-order valence-electron chi connectivity index (χ3n) is 2.49. The highest BCUT2D eigenvalue weighted by molar-refractivity contribution is 5.40. The van der Waals surface area contributed by atoms with Crippen LogP contribution in [0.1, 0.15) is 37.9 Å². The summed E-state index contributed by atoms with van der Waals surface area (Å²) in [6.45, 7) is 10.3. The van der Waals surface area contributed by atoms with Gasteiger partial charge in [0, 0.05) is 11.5 Å². The number of rotatable bonds is 0. The van der Waals surface area contributed by atoms with Gasteiger partial charge in [0.25, 0.3) is 0 Å². The first-order valence-corrected chi connectivity index (χ1v) is 5.10. The van der Waals surface area contributed by atoms with Crippen molar-refractivity contribution in [2.75, 3.05) is 0 Å².